The van der Waals surface area contributed by atoms with Crippen LogP contribution in [-0.2, 0) is 14.3 Å². The van der Waals surface area contributed by atoms with Crippen molar-refractivity contribution in [3.05, 3.63) is 12.2 Å². The lowest BCUT2D eigenvalue weighted by Crippen LogP contribution is -2.26. The first-order chi connectivity index (χ1) is 12.3. The number of allylic oxidation sites excluding steroid dienone is 1. The van der Waals surface area contributed by atoms with E-state index in [4.69, 9.17) is 4.74 Å². The summed E-state index contributed by atoms with van der Waals surface area (Å²) in [4.78, 5) is 24.9. The van der Waals surface area contributed by atoms with E-state index in [1.165, 1.54) is 44.9 Å². The predicted molar refractivity (Wildman–Crippen MR) is 104 cm³/mol. The van der Waals surface area contributed by atoms with Gasteiger partial charge in [0.25, 0.3) is 0 Å². The molecule has 0 N–H and O–H groups in total. The van der Waals surface area contributed by atoms with Crippen molar-refractivity contribution in [1.29, 1.82) is 0 Å². The Kier molecular flexibility index (Phi) is 13.3. The van der Waals surface area contributed by atoms with Crippen molar-refractivity contribution >= 4 is 11.8 Å². The van der Waals surface area contributed by atoms with Crippen molar-refractivity contribution in [1.82, 2.24) is 0 Å². The molecule has 0 heterocycles. The van der Waals surface area contributed by atoms with Crippen LogP contribution in [0.2, 0.25) is 0 Å². The van der Waals surface area contributed by atoms with Crippen molar-refractivity contribution in [2.24, 2.45) is 5.92 Å². The molecule has 144 valence electrons. The molecule has 0 aromatic rings. The summed E-state index contributed by atoms with van der Waals surface area (Å²) in [5.74, 6) is -0.719. The summed E-state index contributed by atoms with van der Waals surface area (Å²) in [6.45, 7) is 2.47. The molecule has 0 radical (unpaired) electrons. The maximum Gasteiger partial charge on any atom is 0.316 e. The molecule has 1 fully saturated rings. The normalized spacial score (nSPS) is 22.3. The van der Waals surface area contributed by atoms with E-state index < -0.39 is 5.92 Å². The molecule has 1 rings (SSSR count). The number of carbonyl (C=O) groups excluding carboxylic acids is 2. The number of hydrogen-bond acceptors (Lipinski definition) is 3. The van der Waals surface area contributed by atoms with Crippen LogP contribution in [-0.4, -0.2) is 18.4 Å². The van der Waals surface area contributed by atoms with Gasteiger partial charge in [-0.2, -0.15) is 0 Å². The summed E-state index contributed by atoms with van der Waals surface area (Å²) in [7, 11) is 0. The van der Waals surface area contributed by atoms with Gasteiger partial charge in [-0.3, -0.25) is 9.59 Å². The Balaban J connectivity index is 2.46. The average Bonchev–Trinajstić information content (AvgIpc) is 2.61. The lowest BCUT2D eigenvalue weighted by Gasteiger charge is -2.15. The van der Waals surface area contributed by atoms with Crippen LogP contribution in [0.15, 0.2) is 12.2 Å². The van der Waals surface area contributed by atoms with Crippen LogP contribution in [0.3, 0.4) is 0 Å². The molecule has 0 saturated heterocycles. The minimum absolute atomic E-state index is 0.101. The molecule has 0 amide bonds. The summed E-state index contributed by atoms with van der Waals surface area (Å²) in [6.07, 6.45) is 20.2. The Labute approximate surface area is 154 Å². The van der Waals surface area contributed by atoms with E-state index in [-0.39, 0.29) is 11.8 Å². The van der Waals surface area contributed by atoms with Gasteiger partial charge in [-0.25, -0.2) is 0 Å². The van der Waals surface area contributed by atoms with Gasteiger partial charge >= 0.3 is 5.97 Å². The SMILES string of the molecule is CCC=CCCOC(=O)C1CCCCCCCCCCCCCC1=O. The molecule has 25 heavy (non-hydrogen) atoms. The molecule has 0 aromatic heterocycles. The second-order valence-corrected chi connectivity index (χ2v) is 7.28. The molecule has 0 spiro atoms. The molecular weight excluding hydrogens is 312 g/mol. The first-order valence-corrected chi connectivity index (χ1v) is 10.6. The van der Waals surface area contributed by atoms with E-state index in [0.717, 1.165) is 38.5 Å². The predicted octanol–water partition coefficient (Wildman–Crippen LogP) is 6.16. The van der Waals surface area contributed by atoms with E-state index in [9.17, 15) is 9.59 Å². The highest BCUT2D eigenvalue weighted by Gasteiger charge is 2.26. The molecule has 1 atom stereocenters. The minimum atomic E-state index is -0.528. The lowest BCUT2D eigenvalue weighted by atomic mass is 9.93. The highest BCUT2D eigenvalue weighted by atomic mass is 16.5. The monoisotopic (exact) mass is 350 g/mol. The second kappa shape index (κ2) is 15.2. The Hall–Kier alpha value is -1.12. The number of Topliss-reactive ketones (excluding diaryl/α,β-unsaturated/α-hetero) is 1. The topological polar surface area (TPSA) is 43.4 Å². The molecule has 1 aliphatic rings. The third-order valence-corrected chi connectivity index (χ3v) is 5.02. The van der Waals surface area contributed by atoms with E-state index in [1.807, 2.05) is 6.08 Å². The van der Waals surface area contributed by atoms with Crippen LogP contribution in [0, 0.1) is 5.92 Å². The Morgan fingerprint density at radius 3 is 2.08 bits per heavy atom. The number of ether oxygens (including phenoxy) is 1. The summed E-state index contributed by atoms with van der Waals surface area (Å²) < 4.78 is 5.38. The third-order valence-electron chi connectivity index (χ3n) is 5.02. The number of hydrogen-bond donors (Lipinski definition) is 0. The van der Waals surface area contributed by atoms with E-state index in [2.05, 4.69) is 13.0 Å². The zero-order valence-corrected chi connectivity index (χ0v) is 16.3. The quantitative estimate of drug-likeness (QED) is 0.258. The smallest absolute Gasteiger partial charge is 0.316 e. The van der Waals surface area contributed by atoms with Crippen LogP contribution in [0.5, 0.6) is 0 Å². The number of esters is 1. The molecule has 3 heteroatoms. The molecule has 0 aromatic carbocycles. The van der Waals surface area contributed by atoms with Gasteiger partial charge in [-0.1, -0.05) is 83.3 Å². The van der Waals surface area contributed by atoms with Crippen LogP contribution < -0.4 is 0 Å². The van der Waals surface area contributed by atoms with Crippen molar-refractivity contribution in [3.63, 3.8) is 0 Å². The molecule has 1 unspecified atom stereocenters. The molecular formula is C22H38O3. The lowest BCUT2D eigenvalue weighted by molar-refractivity contribution is -0.152. The highest BCUT2D eigenvalue weighted by Crippen LogP contribution is 2.20. The molecule has 3 nitrogen and oxygen atoms in total. The number of rotatable bonds is 5. The van der Waals surface area contributed by atoms with Crippen LogP contribution in [0.4, 0.5) is 0 Å². The van der Waals surface area contributed by atoms with Gasteiger partial charge in [0.05, 0.1) is 6.61 Å². The average molecular weight is 351 g/mol. The maximum absolute atomic E-state index is 12.5. The fourth-order valence-electron chi connectivity index (χ4n) is 3.44. The van der Waals surface area contributed by atoms with Crippen LogP contribution in [0.25, 0.3) is 0 Å². The summed E-state index contributed by atoms with van der Waals surface area (Å²) in [5.41, 5.74) is 0. The van der Waals surface area contributed by atoms with Crippen molar-refractivity contribution < 1.29 is 14.3 Å². The van der Waals surface area contributed by atoms with Gasteiger partial charge in [-0.15, -0.1) is 0 Å². The minimum Gasteiger partial charge on any atom is -0.465 e. The molecule has 0 bridgehead atoms. The third kappa shape index (κ3) is 11.2. The summed E-state index contributed by atoms with van der Waals surface area (Å²) in [5, 5.41) is 0. The van der Waals surface area contributed by atoms with Gasteiger partial charge in [0.1, 0.15) is 11.7 Å². The summed E-state index contributed by atoms with van der Waals surface area (Å²) >= 11 is 0. The van der Waals surface area contributed by atoms with Crippen molar-refractivity contribution in [3.8, 4) is 0 Å². The van der Waals surface area contributed by atoms with Gasteiger partial charge < -0.3 is 4.74 Å². The Bertz CT molecular complexity index is 387. The number of ketones is 1. The maximum atomic E-state index is 12.5. The fraction of sp³-hybridized carbons (Fsp3) is 0.818. The number of carbonyl (C=O) groups is 2. The van der Waals surface area contributed by atoms with Crippen molar-refractivity contribution in [2.45, 2.75) is 103 Å². The first kappa shape index (κ1) is 21.9. The zero-order chi connectivity index (χ0) is 18.2. The molecule has 1 saturated carbocycles. The fourth-order valence-corrected chi connectivity index (χ4v) is 3.44. The van der Waals surface area contributed by atoms with Gasteiger partial charge in [-0.05, 0) is 25.7 Å². The van der Waals surface area contributed by atoms with E-state index >= 15 is 0 Å². The van der Waals surface area contributed by atoms with Gasteiger partial charge in [0.2, 0.25) is 0 Å². The standard InChI is InChI=1S/C22H38O3/c1-2-3-4-16-19-25-22(24)20-17-14-12-10-8-6-5-7-9-11-13-15-18-21(20)23/h3-4,20H,2,5-19H2,1H3. The van der Waals surface area contributed by atoms with Crippen LogP contribution >= 0.6 is 0 Å². The zero-order valence-electron chi connectivity index (χ0n) is 16.3. The highest BCUT2D eigenvalue weighted by molar-refractivity contribution is 5.98. The van der Waals surface area contributed by atoms with Crippen LogP contribution in [0.1, 0.15) is 103 Å². The first-order valence-electron chi connectivity index (χ1n) is 10.6. The summed E-state index contributed by atoms with van der Waals surface area (Å²) in [6, 6.07) is 0. The van der Waals surface area contributed by atoms with Gasteiger partial charge in [0.15, 0.2) is 0 Å². The van der Waals surface area contributed by atoms with Crippen molar-refractivity contribution in [2.75, 3.05) is 6.61 Å². The Morgan fingerprint density at radius 2 is 1.48 bits per heavy atom. The largest absolute Gasteiger partial charge is 0.465 e. The van der Waals surface area contributed by atoms with Gasteiger partial charge in [0, 0.05) is 6.42 Å². The second-order valence-electron chi connectivity index (χ2n) is 7.28. The molecule has 1 aliphatic carbocycles. The Morgan fingerprint density at radius 1 is 0.920 bits per heavy atom. The van der Waals surface area contributed by atoms with E-state index in [1.54, 1.807) is 0 Å². The molecule has 0 aliphatic heterocycles. The van der Waals surface area contributed by atoms with E-state index in [0.29, 0.717) is 19.4 Å².